The number of fused-ring (bicyclic) bond motifs is 3. The molecule has 0 radical (unpaired) electrons. The van der Waals surface area contributed by atoms with Crippen LogP contribution in [0.15, 0.2) is 0 Å². The first kappa shape index (κ1) is 17.2. The van der Waals surface area contributed by atoms with Crippen molar-refractivity contribution in [1.82, 2.24) is 0 Å². The van der Waals surface area contributed by atoms with Crippen LogP contribution in [0, 0.1) is 0 Å². The molecule has 7 heteroatoms. The van der Waals surface area contributed by atoms with E-state index in [1.54, 1.807) is 0 Å². The summed E-state index contributed by atoms with van der Waals surface area (Å²) in [5.41, 5.74) is 1.48. The van der Waals surface area contributed by atoms with Crippen LogP contribution >= 0.6 is 0 Å². The summed E-state index contributed by atoms with van der Waals surface area (Å²) in [5.74, 6) is 0. The van der Waals surface area contributed by atoms with Gasteiger partial charge in [0.1, 0.15) is 6.10 Å². The first-order valence-electron chi connectivity index (χ1n) is 8.59. The van der Waals surface area contributed by atoms with Crippen molar-refractivity contribution in [1.29, 1.82) is 0 Å². The third kappa shape index (κ3) is 2.81. The molecule has 0 amide bonds. The summed E-state index contributed by atoms with van der Waals surface area (Å²) in [6, 6.07) is 0. The third-order valence-electron chi connectivity index (χ3n) is 5.48. The van der Waals surface area contributed by atoms with Crippen LogP contribution in [0.4, 0.5) is 4.79 Å². The molecule has 0 unspecified atom stereocenters. The highest BCUT2D eigenvalue weighted by atomic mass is 28.4. The number of carbonyl (C=O) groups excluding carboxylic acids is 1. The van der Waals surface area contributed by atoms with Gasteiger partial charge in [-0.15, -0.1) is 0 Å². The molecule has 3 heterocycles. The number of carbonyl (C=O) groups is 1. The molecule has 0 aromatic heterocycles. The molecule has 0 spiro atoms. The molecule has 0 aromatic carbocycles. The quantitative estimate of drug-likeness (QED) is 0.419. The molecular weight excluding hydrogens is 316 g/mol. The first-order valence-corrected chi connectivity index (χ1v) is 10.7. The summed E-state index contributed by atoms with van der Waals surface area (Å²) in [6.45, 7) is 13.9. The number of hydrogen-bond donors (Lipinski definition) is 0. The molecular formula is C16H28O6Si. The van der Waals surface area contributed by atoms with E-state index in [-0.39, 0.29) is 24.6 Å². The van der Waals surface area contributed by atoms with Crippen molar-refractivity contribution in [3.8, 4) is 0 Å². The molecule has 3 aliphatic heterocycles. The lowest BCUT2D eigenvalue weighted by molar-refractivity contribution is -0.105. The maximum atomic E-state index is 11.5. The lowest BCUT2D eigenvalue weighted by Crippen LogP contribution is -2.53. The summed E-state index contributed by atoms with van der Waals surface area (Å²) in [5, 5.41) is 0. The normalized spacial score (nSPS) is 36.0. The highest BCUT2D eigenvalue weighted by molar-refractivity contribution is 6.77. The van der Waals surface area contributed by atoms with Crippen LogP contribution in [0.5, 0.6) is 0 Å². The fourth-order valence-electron chi connectivity index (χ4n) is 4.49. The lowest BCUT2D eigenvalue weighted by Gasteiger charge is -2.43. The summed E-state index contributed by atoms with van der Waals surface area (Å²) in [4.78, 5) is 11.5. The van der Waals surface area contributed by atoms with Crippen LogP contribution < -0.4 is 0 Å². The minimum atomic E-state index is -1.98. The standard InChI is InChI=1S/C16H28O6Si/c1-8(2)23(9(3)4,10(5)6)18-7-11-12-13(22-16(17)21-12)14-15(19-11)20-14/h8-15H,7H2,1-6H3/t11-,12+,13+,14-,15-/m1/s1. The Morgan fingerprint density at radius 3 is 2.04 bits per heavy atom. The van der Waals surface area contributed by atoms with Crippen molar-refractivity contribution in [2.24, 2.45) is 0 Å². The largest absolute Gasteiger partial charge is 0.509 e. The van der Waals surface area contributed by atoms with E-state index in [1.807, 2.05) is 0 Å². The van der Waals surface area contributed by atoms with Gasteiger partial charge in [-0.25, -0.2) is 4.79 Å². The minimum absolute atomic E-state index is 0.176. The minimum Gasteiger partial charge on any atom is -0.424 e. The van der Waals surface area contributed by atoms with Crippen molar-refractivity contribution in [3.63, 3.8) is 0 Å². The van der Waals surface area contributed by atoms with Crippen LogP contribution in [0.3, 0.4) is 0 Å². The molecule has 3 aliphatic rings. The van der Waals surface area contributed by atoms with Gasteiger partial charge in [0.15, 0.2) is 32.9 Å². The van der Waals surface area contributed by atoms with E-state index in [0.717, 1.165) is 0 Å². The molecule has 3 rings (SSSR count). The van der Waals surface area contributed by atoms with E-state index in [2.05, 4.69) is 41.5 Å². The zero-order chi connectivity index (χ0) is 16.9. The molecule has 0 aromatic rings. The predicted molar refractivity (Wildman–Crippen MR) is 85.7 cm³/mol. The van der Waals surface area contributed by atoms with Gasteiger partial charge in [-0.05, 0) is 16.6 Å². The highest BCUT2D eigenvalue weighted by Gasteiger charge is 2.63. The summed E-state index contributed by atoms with van der Waals surface area (Å²) < 4.78 is 28.4. The first-order chi connectivity index (χ1) is 10.8. The number of hydrogen-bond acceptors (Lipinski definition) is 6. The van der Waals surface area contributed by atoms with Crippen LogP contribution in [-0.2, 0) is 23.4 Å². The van der Waals surface area contributed by atoms with Gasteiger partial charge < -0.3 is 23.4 Å². The molecule has 0 saturated carbocycles. The predicted octanol–water partition coefficient (Wildman–Crippen LogP) is 3.21. The molecule has 0 N–H and O–H groups in total. The SMILES string of the molecule is CC(C)[Si](OC[C@H]1O[C@@H]2O[C@@H]2[C@H]2OC(=O)O[C@H]21)(C(C)C)C(C)C. The monoisotopic (exact) mass is 344 g/mol. The maximum absolute atomic E-state index is 11.5. The van der Waals surface area contributed by atoms with Crippen LogP contribution in [0.1, 0.15) is 41.5 Å². The van der Waals surface area contributed by atoms with E-state index in [1.165, 1.54) is 0 Å². The fourth-order valence-corrected chi connectivity index (χ4v) is 9.94. The second kappa shape index (κ2) is 6.02. The molecule has 23 heavy (non-hydrogen) atoms. The topological polar surface area (TPSA) is 66.5 Å². The summed E-state index contributed by atoms with van der Waals surface area (Å²) in [6.07, 6.45) is -2.20. The summed E-state index contributed by atoms with van der Waals surface area (Å²) in [7, 11) is -1.98. The number of rotatable bonds is 6. The van der Waals surface area contributed by atoms with Gasteiger partial charge >= 0.3 is 6.16 Å². The van der Waals surface area contributed by atoms with Crippen molar-refractivity contribution in [3.05, 3.63) is 0 Å². The van der Waals surface area contributed by atoms with Gasteiger partial charge in [-0.3, -0.25) is 0 Å². The summed E-state index contributed by atoms with van der Waals surface area (Å²) >= 11 is 0. The molecule has 0 aliphatic carbocycles. The third-order valence-corrected chi connectivity index (χ3v) is 11.6. The Morgan fingerprint density at radius 2 is 1.48 bits per heavy atom. The van der Waals surface area contributed by atoms with Gasteiger partial charge in [-0.2, -0.15) is 0 Å². The molecule has 5 atom stereocenters. The maximum Gasteiger partial charge on any atom is 0.509 e. The Labute approximate surface area is 138 Å². The molecule has 132 valence electrons. The van der Waals surface area contributed by atoms with Gasteiger partial charge in [0.25, 0.3) is 0 Å². The van der Waals surface area contributed by atoms with Crippen molar-refractivity contribution < 1.29 is 28.2 Å². The number of ether oxygens (including phenoxy) is 4. The Morgan fingerprint density at radius 1 is 0.913 bits per heavy atom. The zero-order valence-corrected chi connectivity index (χ0v) is 15.8. The van der Waals surface area contributed by atoms with Gasteiger partial charge in [0.2, 0.25) is 0 Å². The van der Waals surface area contributed by atoms with Gasteiger partial charge in [0.05, 0.1) is 6.61 Å². The highest BCUT2D eigenvalue weighted by Crippen LogP contribution is 2.45. The zero-order valence-electron chi connectivity index (χ0n) is 14.8. The van der Waals surface area contributed by atoms with E-state index in [9.17, 15) is 4.79 Å². The molecule has 0 bridgehead atoms. The van der Waals surface area contributed by atoms with Gasteiger partial charge in [-0.1, -0.05) is 41.5 Å². The van der Waals surface area contributed by atoms with Crippen LogP contribution in [0.2, 0.25) is 16.6 Å². The lowest BCUT2D eigenvalue weighted by atomic mass is 10.0. The Kier molecular flexibility index (Phi) is 4.50. The van der Waals surface area contributed by atoms with Crippen molar-refractivity contribution in [2.45, 2.75) is 88.9 Å². The average molecular weight is 344 g/mol. The van der Waals surface area contributed by atoms with Crippen LogP contribution in [-0.4, -0.2) is 51.8 Å². The fraction of sp³-hybridized carbons (Fsp3) is 0.938. The van der Waals surface area contributed by atoms with E-state index in [4.69, 9.17) is 23.4 Å². The van der Waals surface area contributed by atoms with E-state index in [0.29, 0.717) is 23.2 Å². The van der Waals surface area contributed by atoms with Crippen molar-refractivity contribution in [2.75, 3.05) is 6.61 Å². The Hall–Kier alpha value is -0.633. The van der Waals surface area contributed by atoms with Gasteiger partial charge in [0, 0.05) is 0 Å². The van der Waals surface area contributed by atoms with E-state index >= 15 is 0 Å². The van der Waals surface area contributed by atoms with E-state index < -0.39 is 20.6 Å². The molecule has 3 fully saturated rings. The average Bonchev–Trinajstić information content (AvgIpc) is 3.11. The smallest absolute Gasteiger partial charge is 0.424 e. The van der Waals surface area contributed by atoms with Crippen molar-refractivity contribution >= 4 is 14.5 Å². The molecule has 6 nitrogen and oxygen atoms in total. The second-order valence-corrected chi connectivity index (χ2v) is 13.1. The number of epoxide rings is 1. The Balaban J connectivity index is 1.72. The van der Waals surface area contributed by atoms with Crippen LogP contribution in [0.25, 0.3) is 0 Å². The molecule has 3 saturated heterocycles. The Bertz CT molecular complexity index is 444. The second-order valence-electron chi connectivity index (χ2n) is 7.69.